The van der Waals surface area contributed by atoms with Gasteiger partial charge < -0.3 is 23.8 Å². The van der Waals surface area contributed by atoms with Crippen molar-refractivity contribution in [2.45, 2.75) is 69.1 Å². The van der Waals surface area contributed by atoms with Gasteiger partial charge in [0.15, 0.2) is 5.60 Å². The molecule has 0 aliphatic carbocycles. The molecule has 1 spiro atoms. The van der Waals surface area contributed by atoms with Gasteiger partial charge in [-0.3, -0.25) is 19.3 Å². The highest BCUT2D eigenvalue weighted by molar-refractivity contribution is 6.72. The van der Waals surface area contributed by atoms with Crippen molar-refractivity contribution in [2.24, 2.45) is 5.92 Å². The third kappa shape index (κ3) is 5.38. The molecule has 0 unspecified atom stereocenters. The predicted molar refractivity (Wildman–Crippen MR) is 173 cm³/mol. The Balaban J connectivity index is 1.45. The Kier molecular flexibility index (Phi) is 8.40. The van der Waals surface area contributed by atoms with E-state index in [2.05, 4.69) is 0 Å². The van der Waals surface area contributed by atoms with Crippen LogP contribution in [0.4, 0.5) is 21.2 Å². The minimum Gasteiger partial charge on any atom is -0.394 e. The van der Waals surface area contributed by atoms with E-state index < -0.39 is 31.6 Å². The first-order valence-electron chi connectivity index (χ1n) is 15.7. The minimum atomic E-state index is -3.50. The number of para-hydroxylation sites is 1. The fourth-order valence-electron chi connectivity index (χ4n) is 7.81. The van der Waals surface area contributed by atoms with Crippen LogP contribution in [0.3, 0.4) is 0 Å². The van der Waals surface area contributed by atoms with Crippen LogP contribution in [0.1, 0.15) is 37.3 Å². The Bertz CT molecular complexity index is 1570. The van der Waals surface area contributed by atoms with Gasteiger partial charge in [-0.1, -0.05) is 55.5 Å². The van der Waals surface area contributed by atoms with Crippen LogP contribution in [0.25, 0.3) is 0 Å². The molecule has 0 saturated carbocycles. The fraction of sp³-hybridized carbons (Fsp3) is 0.400. The summed E-state index contributed by atoms with van der Waals surface area (Å²) in [4.78, 5) is 45.6. The SMILES string of the molecule is C[C@@H]1[C@@H]([Si](C)(C)F)[C@H](CC(=O)N2CCC[C@H]2CO)O[C@@]12C(=O)N(Cc1ccccc1)c1ccc(N(C=O)c3ccccc3)cc12. The van der Waals surface area contributed by atoms with Crippen LogP contribution in [0.5, 0.6) is 0 Å². The van der Waals surface area contributed by atoms with Gasteiger partial charge in [-0.2, -0.15) is 0 Å². The first-order valence-corrected chi connectivity index (χ1v) is 18.6. The maximum Gasteiger partial charge on any atom is 0.264 e. The lowest BCUT2D eigenvalue weighted by atomic mass is 9.82. The van der Waals surface area contributed by atoms with E-state index in [1.807, 2.05) is 79.7 Å². The van der Waals surface area contributed by atoms with Gasteiger partial charge in [0.1, 0.15) is 0 Å². The van der Waals surface area contributed by atoms with Crippen LogP contribution >= 0.6 is 0 Å². The number of ether oxygens (including phenoxy) is 1. The number of aliphatic hydroxyl groups is 1. The van der Waals surface area contributed by atoms with Gasteiger partial charge in [0.2, 0.25) is 20.7 Å². The summed E-state index contributed by atoms with van der Waals surface area (Å²) in [6.07, 6.45) is 1.36. The topological polar surface area (TPSA) is 90.4 Å². The summed E-state index contributed by atoms with van der Waals surface area (Å²) in [5.74, 6) is -1.07. The number of rotatable bonds is 9. The molecule has 0 bridgehead atoms. The molecule has 45 heavy (non-hydrogen) atoms. The van der Waals surface area contributed by atoms with E-state index in [0.29, 0.717) is 29.2 Å². The Hall–Kier alpha value is -3.86. The first-order chi connectivity index (χ1) is 21.6. The number of carbonyl (C=O) groups excluding carboxylic acids is 3. The lowest BCUT2D eigenvalue weighted by Gasteiger charge is -2.31. The molecule has 1 N–H and O–H groups in total. The minimum absolute atomic E-state index is 0.0704. The van der Waals surface area contributed by atoms with Crippen molar-refractivity contribution in [3.63, 3.8) is 0 Å². The largest absolute Gasteiger partial charge is 0.394 e. The van der Waals surface area contributed by atoms with Gasteiger partial charge in [-0.15, -0.1) is 0 Å². The van der Waals surface area contributed by atoms with Crippen LogP contribution in [-0.2, 0) is 31.3 Å². The van der Waals surface area contributed by atoms with Gasteiger partial charge in [-0.05, 0) is 61.8 Å². The second-order valence-electron chi connectivity index (χ2n) is 12.9. The van der Waals surface area contributed by atoms with Crippen molar-refractivity contribution >= 4 is 43.7 Å². The summed E-state index contributed by atoms with van der Waals surface area (Å²) in [6, 6.07) is 24.0. The van der Waals surface area contributed by atoms with E-state index in [1.54, 1.807) is 29.0 Å². The number of hydrogen-bond donors (Lipinski definition) is 1. The van der Waals surface area contributed by atoms with Gasteiger partial charge in [0.05, 0.1) is 37.4 Å². The van der Waals surface area contributed by atoms with Gasteiger partial charge in [-0.25, -0.2) is 0 Å². The number of amides is 3. The number of carbonyl (C=O) groups is 3. The Labute approximate surface area is 264 Å². The lowest BCUT2D eigenvalue weighted by molar-refractivity contribution is -0.150. The van der Waals surface area contributed by atoms with Crippen molar-refractivity contribution in [1.29, 1.82) is 0 Å². The number of hydrogen-bond acceptors (Lipinski definition) is 5. The molecule has 5 atom stereocenters. The highest BCUT2D eigenvalue weighted by Crippen LogP contribution is 2.61. The standard InChI is InChI=1S/C35H40FN3O5Si/c1-24-33(45(2,3)36)31(20-32(42)37-18-10-15-28(37)22-40)44-35(24)29-19-27(39(23-41)26-13-8-5-9-14-26)16-17-30(29)38(34(35)43)21-25-11-6-4-7-12-25/h4-9,11-14,16-17,19,23-24,28,31,33,40H,10,15,18,20-22H2,1-3H3/t24-,28+,31+,33-,35+/m1/s1. The van der Waals surface area contributed by atoms with Crippen LogP contribution in [-0.4, -0.2) is 61.9 Å². The number of likely N-dealkylation sites (tertiary alicyclic amines) is 1. The number of halogens is 1. The van der Waals surface area contributed by atoms with Crippen molar-refractivity contribution in [2.75, 3.05) is 23.0 Å². The highest BCUT2D eigenvalue weighted by atomic mass is 28.4. The van der Waals surface area contributed by atoms with E-state index >= 15 is 4.11 Å². The average Bonchev–Trinajstić information content (AvgIpc) is 3.69. The zero-order valence-electron chi connectivity index (χ0n) is 25.9. The molecule has 2 saturated heterocycles. The molecule has 3 heterocycles. The number of anilines is 3. The lowest BCUT2D eigenvalue weighted by Crippen LogP contribution is -2.45. The molecule has 2 fully saturated rings. The highest BCUT2D eigenvalue weighted by Gasteiger charge is 2.67. The Morgan fingerprint density at radius 1 is 1.09 bits per heavy atom. The third-order valence-electron chi connectivity index (χ3n) is 9.83. The molecule has 3 amide bonds. The molecular formula is C35H40FN3O5Si. The quantitative estimate of drug-likeness (QED) is 0.187. The average molecular weight is 630 g/mol. The van der Waals surface area contributed by atoms with Crippen molar-refractivity contribution in [3.05, 3.63) is 90.0 Å². The summed E-state index contributed by atoms with van der Waals surface area (Å²) in [7, 11) is -3.50. The number of nitrogens with zero attached hydrogens (tertiary/aromatic N) is 3. The number of fused-ring (bicyclic) bond motifs is 2. The molecule has 3 aliphatic heterocycles. The molecular weight excluding hydrogens is 589 g/mol. The van der Waals surface area contributed by atoms with Crippen LogP contribution < -0.4 is 9.80 Å². The van der Waals surface area contributed by atoms with E-state index in [9.17, 15) is 19.5 Å². The van der Waals surface area contributed by atoms with Crippen molar-refractivity contribution < 1.29 is 28.3 Å². The van der Waals surface area contributed by atoms with E-state index in [4.69, 9.17) is 4.74 Å². The predicted octanol–water partition coefficient (Wildman–Crippen LogP) is 5.68. The second kappa shape index (κ2) is 12.1. The molecule has 236 valence electrons. The van der Waals surface area contributed by atoms with Crippen LogP contribution in [0.15, 0.2) is 78.9 Å². The van der Waals surface area contributed by atoms with Gasteiger partial charge >= 0.3 is 0 Å². The second-order valence-corrected chi connectivity index (χ2v) is 16.7. The van der Waals surface area contributed by atoms with E-state index in [0.717, 1.165) is 24.8 Å². The van der Waals surface area contributed by atoms with Crippen molar-refractivity contribution in [1.82, 2.24) is 4.90 Å². The van der Waals surface area contributed by atoms with E-state index in [-0.39, 0.29) is 37.4 Å². The summed E-state index contributed by atoms with van der Waals surface area (Å²) in [6.45, 7) is 5.80. The number of aliphatic hydroxyl groups excluding tert-OH is 1. The maximum atomic E-state index is 16.3. The summed E-state index contributed by atoms with van der Waals surface area (Å²) >= 11 is 0. The summed E-state index contributed by atoms with van der Waals surface area (Å²) in [5, 5.41) is 9.85. The van der Waals surface area contributed by atoms with Gasteiger partial charge in [0.25, 0.3) is 5.91 Å². The van der Waals surface area contributed by atoms with Crippen LogP contribution in [0.2, 0.25) is 18.6 Å². The third-order valence-corrected chi connectivity index (χ3v) is 12.3. The van der Waals surface area contributed by atoms with Crippen molar-refractivity contribution in [3.8, 4) is 0 Å². The zero-order valence-corrected chi connectivity index (χ0v) is 26.9. The molecule has 0 radical (unpaired) electrons. The molecule has 8 nitrogen and oxygen atoms in total. The van der Waals surface area contributed by atoms with Gasteiger partial charge in [0, 0.05) is 34.9 Å². The van der Waals surface area contributed by atoms with E-state index in [1.165, 1.54) is 4.90 Å². The monoisotopic (exact) mass is 629 g/mol. The molecule has 3 aromatic rings. The Morgan fingerprint density at radius 2 is 1.78 bits per heavy atom. The molecule has 3 aliphatic rings. The smallest absolute Gasteiger partial charge is 0.264 e. The van der Waals surface area contributed by atoms with Crippen LogP contribution in [0, 0.1) is 5.92 Å². The maximum absolute atomic E-state index is 16.3. The normalized spacial score (nSPS) is 26.0. The first kappa shape index (κ1) is 31.1. The molecule has 3 aromatic carbocycles. The number of benzene rings is 3. The summed E-state index contributed by atoms with van der Waals surface area (Å²) in [5.41, 5.74) is 1.16. The Morgan fingerprint density at radius 3 is 2.42 bits per heavy atom. The molecule has 6 rings (SSSR count). The fourth-order valence-corrected chi connectivity index (χ4v) is 10.3. The molecule has 10 heteroatoms. The molecule has 0 aromatic heterocycles. The zero-order chi connectivity index (χ0) is 31.9. The summed E-state index contributed by atoms with van der Waals surface area (Å²) < 4.78 is 23.2.